The van der Waals surface area contributed by atoms with Crippen molar-refractivity contribution < 1.29 is 29.2 Å². The standard InChI is InChI=1S/C25H30O6/c1-9-13(5)29-23-19-16(8-15(26)11(3)17(9)19)31-24-20-18(12(4)22(27)21(23)24)10(2)14(6)30-25(20)28-7/h8-10,13-14,23,25-27H,1-7H3/t9-,10-,13-,14-,23-,25-/m1/s1. The van der Waals surface area contributed by atoms with Gasteiger partial charge in [0.15, 0.2) is 6.29 Å². The van der Waals surface area contributed by atoms with Crippen LogP contribution in [0.15, 0.2) is 6.07 Å². The smallest absolute Gasteiger partial charge is 0.187 e. The second kappa shape index (κ2) is 6.86. The van der Waals surface area contributed by atoms with Crippen molar-refractivity contribution in [1.29, 1.82) is 0 Å². The number of phenolic OH excluding ortho intramolecular Hbond substituents is 2. The van der Waals surface area contributed by atoms with Gasteiger partial charge in [0, 0.05) is 30.6 Å². The van der Waals surface area contributed by atoms with E-state index in [0.717, 1.165) is 33.4 Å². The molecule has 0 unspecified atom stereocenters. The van der Waals surface area contributed by atoms with E-state index in [-0.39, 0.29) is 35.5 Å². The number of fused-ring (bicyclic) bond motifs is 4. The Bertz CT molecular complexity index is 1090. The van der Waals surface area contributed by atoms with Gasteiger partial charge in [-0.2, -0.15) is 0 Å². The van der Waals surface area contributed by atoms with Crippen LogP contribution in [0.25, 0.3) is 0 Å². The molecule has 3 heterocycles. The fraction of sp³-hybridized carbons (Fsp3) is 0.520. The molecular weight excluding hydrogens is 396 g/mol. The SMILES string of the molecule is CO[C@@H]1O[C@H](C)[C@@H](C)c2c(C)c(O)c3c(c21)Oc1cc(O)c(C)c2c1[C@H]3O[C@H](C)[C@H]2C. The monoisotopic (exact) mass is 426 g/mol. The molecule has 2 aromatic carbocycles. The normalized spacial score (nSPS) is 30.8. The Morgan fingerprint density at radius 1 is 0.806 bits per heavy atom. The van der Waals surface area contributed by atoms with Crippen molar-refractivity contribution in [3.05, 3.63) is 45.0 Å². The molecule has 6 atom stereocenters. The maximum atomic E-state index is 11.4. The number of benzene rings is 2. The molecule has 0 bridgehead atoms. The van der Waals surface area contributed by atoms with Gasteiger partial charge in [0.05, 0.1) is 23.3 Å². The van der Waals surface area contributed by atoms with Crippen LogP contribution in [-0.2, 0) is 14.2 Å². The van der Waals surface area contributed by atoms with Gasteiger partial charge in [-0.3, -0.25) is 0 Å². The Kier molecular flexibility index (Phi) is 4.56. The molecule has 0 aliphatic carbocycles. The molecule has 0 radical (unpaired) electrons. The molecule has 0 spiro atoms. The fourth-order valence-corrected chi connectivity index (χ4v) is 5.55. The molecule has 0 saturated carbocycles. The van der Waals surface area contributed by atoms with Crippen molar-refractivity contribution in [3.63, 3.8) is 0 Å². The maximum absolute atomic E-state index is 11.4. The molecule has 3 aliphatic heterocycles. The summed E-state index contributed by atoms with van der Waals surface area (Å²) in [6.07, 6.45) is -1.28. The van der Waals surface area contributed by atoms with E-state index in [2.05, 4.69) is 13.8 Å². The summed E-state index contributed by atoms with van der Waals surface area (Å²) in [5.74, 6) is 1.59. The van der Waals surface area contributed by atoms with Crippen LogP contribution in [-0.4, -0.2) is 29.5 Å². The first-order chi connectivity index (χ1) is 14.7. The van der Waals surface area contributed by atoms with Crippen molar-refractivity contribution in [1.82, 2.24) is 0 Å². The summed E-state index contributed by atoms with van der Waals surface area (Å²) < 4.78 is 24.7. The molecule has 3 aliphatic rings. The van der Waals surface area contributed by atoms with Gasteiger partial charge in [-0.1, -0.05) is 13.8 Å². The van der Waals surface area contributed by atoms with Crippen molar-refractivity contribution in [2.24, 2.45) is 0 Å². The molecule has 166 valence electrons. The minimum Gasteiger partial charge on any atom is -0.508 e. The Balaban J connectivity index is 1.85. The molecule has 6 heteroatoms. The van der Waals surface area contributed by atoms with Crippen molar-refractivity contribution in [2.75, 3.05) is 7.11 Å². The van der Waals surface area contributed by atoms with Crippen LogP contribution in [0, 0.1) is 13.8 Å². The summed E-state index contributed by atoms with van der Waals surface area (Å²) in [6, 6.07) is 1.65. The highest BCUT2D eigenvalue weighted by molar-refractivity contribution is 5.69. The number of rotatable bonds is 1. The van der Waals surface area contributed by atoms with E-state index in [0.29, 0.717) is 17.1 Å². The number of hydrogen-bond acceptors (Lipinski definition) is 6. The van der Waals surface area contributed by atoms with E-state index in [1.54, 1.807) is 13.2 Å². The second-order valence-corrected chi connectivity index (χ2v) is 9.20. The fourth-order valence-electron chi connectivity index (χ4n) is 5.55. The van der Waals surface area contributed by atoms with Crippen LogP contribution in [0.5, 0.6) is 23.0 Å². The van der Waals surface area contributed by atoms with Gasteiger partial charge in [0.25, 0.3) is 0 Å². The summed E-state index contributed by atoms with van der Waals surface area (Å²) in [5, 5.41) is 22.0. The van der Waals surface area contributed by atoms with Crippen LogP contribution in [0.3, 0.4) is 0 Å². The molecule has 0 amide bonds. The van der Waals surface area contributed by atoms with Crippen LogP contribution in [0.1, 0.15) is 90.9 Å². The second-order valence-electron chi connectivity index (χ2n) is 9.20. The average Bonchev–Trinajstić information content (AvgIpc) is 2.73. The van der Waals surface area contributed by atoms with Gasteiger partial charge < -0.3 is 29.2 Å². The first kappa shape index (κ1) is 20.6. The number of aromatic hydroxyl groups is 2. The molecule has 0 saturated heterocycles. The van der Waals surface area contributed by atoms with E-state index < -0.39 is 12.4 Å². The third-order valence-electron chi connectivity index (χ3n) is 7.60. The van der Waals surface area contributed by atoms with Crippen molar-refractivity contribution in [3.8, 4) is 23.0 Å². The van der Waals surface area contributed by atoms with Gasteiger partial charge in [0.2, 0.25) is 0 Å². The summed E-state index contributed by atoms with van der Waals surface area (Å²) in [4.78, 5) is 0. The molecule has 2 aromatic rings. The molecule has 31 heavy (non-hydrogen) atoms. The Labute approximate surface area is 182 Å². The van der Waals surface area contributed by atoms with E-state index in [1.807, 2.05) is 27.7 Å². The van der Waals surface area contributed by atoms with Gasteiger partial charge in [-0.15, -0.1) is 0 Å². The van der Waals surface area contributed by atoms with E-state index in [1.165, 1.54) is 0 Å². The van der Waals surface area contributed by atoms with Gasteiger partial charge in [-0.05, 0) is 49.9 Å². The van der Waals surface area contributed by atoms with E-state index >= 15 is 0 Å². The largest absolute Gasteiger partial charge is 0.508 e. The Morgan fingerprint density at radius 3 is 2.06 bits per heavy atom. The number of methoxy groups -OCH3 is 1. The lowest BCUT2D eigenvalue weighted by molar-refractivity contribution is -0.170. The lowest BCUT2D eigenvalue weighted by atomic mass is 9.77. The molecule has 0 fully saturated rings. The molecule has 5 rings (SSSR count). The van der Waals surface area contributed by atoms with E-state index in [9.17, 15) is 10.2 Å². The quantitative estimate of drug-likeness (QED) is 0.618. The van der Waals surface area contributed by atoms with Gasteiger partial charge in [0.1, 0.15) is 29.1 Å². The highest BCUT2D eigenvalue weighted by Crippen LogP contribution is 2.60. The summed E-state index contributed by atoms with van der Waals surface area (Å²) >= 11 is 0. The molecule has 0 aromatic heterocycles. The van der Waals surface area contributed by atoms with Gasteiger partial charge >= 0.3 is 0 Å². The predicted octanol–water partition coefficient (Wildman–Crippen LogP) is 5.60. The topological polar surface area (TPSA) is 77.4 Å². The zero-order valence-corrected chi connectivity index (χ0v) is 19.1. The first-order valence-corrected chi connectivity index (χ1v) is 10.9. The zero-order valence-electron chi connectivity index (χ0n) is 19.1. The highest BCUT2D eigenvalue weighted by Gasteiger charge is 2.46. The predicted molar refractivity (Wildman–Crippen MR) is 115 cm³/mol. The van der Waals surface area contributed by atoms with Crippen LogP contribution in [0.4, 0.5) is 0 Å². The Hall–Kier alpha value is -2.28. The molecule has 2 N–H and O–H groups in total. The number of phenols is 2. The average molecular weight is 427 g/mol. The van der Waals surface area contributed by atoms with Crippen molar-refractivity contribution >= 4 is 0 Å². The zero-order chi connectivity index (χ0) is 22.4. The van der Waals surface area contributed by atoms with Crippen molar-refractivity contribution in [2.45, 2.75) is 78.0 Å². The van der Waals surface area contributed by atoms with Crippen LogP contribution >= 0.6 is 0 Å². The van der Waals surface area contributed by atoms with Crippen LogP contribution in [0.2, 0.25) is 0 Å². The Morgan fingerprint density at radius 2 is 1.42 bits per heavy atom. The highest BCUT2D eigenvalue weighted by atomic mass is 16.7. The summed E-state index contributed by atoms with van der Waals surface area (Å²) in [5.41, 5.74) is 5.93. The van der Waals surface area contributed by atoms with Gasteiger partial charge in [-0.25, -0.2) is 0 Å². The maximum Gasteiger partial charge on any atom is 0.187 e. The van der Waals surface area contributed by atoms with Crippen LogP contribution < -0.4 is 4.74 Å². The summed E-state index contributed by atoms with van der Waals surface area (Å²) in [6.45, 7) is 12.1. The first-order valence-electron chi connectivity index (χ1n) is 10.9. The molecule has 6 nitrogen and oxygen atoms in total. The lowest BCUT2D eigenvalue weighted by Gasteiger charge is -2.43. The lowest BCUT2D eigenvalue weighted by Crippen LogP contribution is -2.33. The third kappa shape index (κ3) is 2.62. The minimum absolute atomic E-state index is 0.0517. The minimum atomic E-state index is -0.616. The number of ether oxygens (including phenoxy) is 4. The third-order valence-corrected chi connectivity index (χ3v) is 7.60. The molecular formula is C25H30O6. The van der Waals surface area contributed by atoms with E-state index in [4.69, 9.17) is 18.9 Å². The number of hydrogen-bond donors (Lipinski definition) is 2. The summed E-state index contributed by atoms with van der Waals surface area (Å²) in [7, 11) is 1.61.